The molecule has 0 radical (unpaired) electrons. The minimum absolute atomic E-state index is 0.148. The molecule has 2 aliphatic heterocycles. The van der Waals surface area contributed by atoms with Crippen molar-refractivity contribution in [1.29, 1.82) is 0 Å². The maximum Gasteiger partial charge on any atom is 0.433 e. The van der Waals surface area contributed by atoms with Crippen LogP contribution in [0.4, 0.5) is 18.0 Å². The van der Waals surface area contributed by atoms with E-state index in [0.717, 1.165) is 13.3 Å². The number of rotatable bonds is 5. The normalized spacial score (nSPS) is 21.2. The fourth-order valence-electron chi connectivity index (χ4n) is 5.21. The topological polar surface area (TPSA) is 113 Å². The van der Waals surface area contributed by atoms with E-state index in [4.69, 9.17) is 9.47 Å². The second-order valence-corrected chi connectivity index (χ2v) is 11.7. The Hall–Kier alpha value is -3.81. The summed E-state index contributed by atoms with van der Waals surface area (Å²) in [6.07, 6.45) is -0.676. The van der Waals surface area contributed by atoms with Crippen LogP contribution in [0.3, 0.4) is 0 Å². The Kier molecular flexibility index (Phi) is 6.69. The molecule has 0 N–H and O–H groups in total. The average molecular weight is 567 g/mol. The van der Waals surface area contributed by atoms with E-state index in [1.165, 1.54) is 29.0 Å². The highest BCUT2D eigenvalue weighted by atomic mass is 32.2. The predicted molar refractivity (Wildman–Crippen MR) is 132 cm³/mol. The van der Waals surface area contributed by atoms with Gasteiger partial charge >= 0.3 is 12.3 Å². The number of aryl methyl sites for hydroxylation is 1. The summed E-state index contributed by atoms with van der Waals surface area (Å²) < 4.78 is 75.6. The zero-order valence-corrected chi connectivity index (χ0v) is 21.8. The summed E-state index contributed by atoms with van der Waals surface area (Å²) in [5.41, 5.74) is -0.885. The van der Waals surface area contributed by atoms with Crippen molar-refractivity contribution in [1.82, 2.24) is 19.2 Å². The monoisotopic (exact) mass is 566 g/mol. The van der Waals surface area contributed by atoms with Crippen LogP contribution >= 0.6 is 0 Å². The third-order valence-electron chi connectivity index (χ3n) is 6.98. The zero-order valence-electron chi connectivity index (χ0n) is 21.0. The average Bonchev–Trinajstić information content (AvgIpc) is 3.35. The minimum atomic E-state index is -4.62. The number of hydrogen-bond donors (Lipinski definition) is 0. The molecule has 1 aromatic carbocycles. The van der Waals surface area contributed by atoms with Gasteiger partial charge in [-0.15, -0.1) is 5.10 Å². The van der Waals surface area contributed by atoms with Gasteiger partial charge in [0, 0.05) is 62.2 Å². The van der Waals surface area contributed by atoms with Crippen molar-refractivity contribution < 1.29 is 35.9 Å². The Morgan fingerprint density at radius 2 is 1.69 bits per heavy atom. The molecule has 2 aromatic heterocycles. The summed E-state index contributed by atoms with van der Waals surface area (Å²) in [4.78, 5) is 27.2. The molecule has 3 aromatic rings. The number of aromatic nitrogens is 3. The van der Waals surface area contributed by atoms with Crippen molar-refractivity contribution in [2.45, 2.75) is 54.9 Å². The summed E-state index contributed by atoms with van der Waals surface area (Å²) in [6.45, 7) is 0. The van der Waals surface area contributed by atoms with Crippen LogP contribution in [0, 0.1) is 0 Å². The molecule has 0 unspecified atom stereocenters. The van der Waals surface area contributed by atoms with E-state index in [0.29, 0.717) is 47.9 Å². The number of hydrogen-bond acceptors (Lipinski definition) is 7. The van der Waals surface area contributed by atoms with Gasteiger partial charge in [0.2, 0.25) is 5.88 Å². The van der Waals surface area contributed by atoms with E-state index < -0.39 is 33.7 Å². The lowest BCUT2D eigenvalue weighted by Crippen LogP contribution is -2.50. The van der Waals surface area contributed by atoms with Gasteiger partial charge < -0.3 is 14.4 Å². The van der Waals surface area contributed by atoms with Crippen LogP contribution in [0.1, 0.15) is 31.4 Å². The van der Waals surface area contributed by atoms with Crippen molar-refractivity contribution in [3.8, 4) is 17.3 Å². The van der Waals surface area contributed by atoms with Crippen LogP contribution in [0.5, 0.6) is 11.6 Å². The van der Waals surface area contributed by atoms with Crippen molar-refractivity contribution in [2.75, 3.05) is 6.26 Å². The number of ether oxygens (including phenoxy) is 2. The Morgan fingerprint density at radius 1 is 1.05 bits per heavy atom. The van der Waals surface area contributed by atoms with Gasteiger partial charge in [0.1, 0.15) is 17.5 Å². The molecule has 39 heavy (non-hydrogen) atoms. The summed E-state index contributed by atoms with van der Waals surface area (Å²) in [7, 11) is -2.23. The lowest BCUT2D eigenvalue weighted by atomic mass is 10.0. The van der Waals surface area contributed by atoms with Crippen molar-refractivity contribution >= 4 is 15.9 Å². The summed E-state index contributed by atoms with van der Waals surface area (Å²) in [5.74, 6) is -0.0586. The molecule has 0 spiro atoms. The first-order chi connectivity index (χ1) is 18.3. The largest absolute Gasteiger partial charge is 0.490 e. The van der Waals surface area contributed by atoms with Crippen molar-refractivity contribution in [2.24, 2.45) is 7.05 Å². The molecule has 208 valence electrons. The van der Waals surface area contributed by atoms with Gasteiger partial charge in [-0.25, -0.2) is 13.2 Å². The number of pyridine rings is 1. The number of carbonyl (C=O) groups is 1. The number of nitrogens with zero attached hydrogens (tertiary/aromatic N) is 4. The number of carbonyl (C=O) groups excluding carboxylic acids is 1. The van der Waals surface area contributed by atoms with E-state index in [-0.39, 0.29) is 28.6 Å². The van der Waals surface area contributed by atoms with Crippen LogP contribution in [-0.4, -0.2) is 58.2 Å². The summed E-state index contributed by atoms with van der Waals surface area (Å²) in [6, 6.07) is 9.16. The lowest BCUT2D eigenvalue weighted by molar-refractivity contribution is -0.143. The van der Waals surface area contributed by atoms with Crippen molar-refractivity contribution in [3.63, 3.8) is 0 Å². The molecule has 0 aliphatic carbocycles. The quantitative estimate of drug-likeness (QED) is 0.464. The molecule has 2 aliphatic rings. The zero-order chi connectivity index (χ0) is 28.1. The fourth-order valence-corrected chi connectivity index (χ4v) is 5.84. The number of alkyl halides is 3. The van der Waals surface area contributed by atoms with Gasteiger partial charge in [-0.2, -0.15) is 13.2 Å². The number of halogens is 3. The Bertz CT molecular complexity index is 1550. The first-order valence-corrected chi connectivity index (χ1v) is 14.0. The van der Waals surface area contributed by atoms with Gasteiger partial charge in [0.05, 0.1) is 4.90 Å². The summed E-state index contributed by atoms with van der Waals surface area (Å²) in [5, 5.41) is 3.65. The lowest BCUT2D eigenvalue weighted by Gasteiger charge is -2.37. The number of sulfone groups is 1. The van der Waals surface area contributed by atoms with Crippen LogP contribution in [0.15, 0.2) is 58.4 Å². The van der Waals surface area contributed by atoms with Gasteiger partial charge in [-0.05, 0) is 43.2 Å². The Balaban J connectivity index is 1.23. The van der Waals surface area contributed by atoms with E-state index in [1.54, 1.807) is 23.1 Å². The highest BCUT2D eigenvalue weighted by Gasteiger charge is 2.45. The molecule has 2 bridgehead atoms. The van der Waals surface area contributed by atoms with E-state index in [9.17, 15) is 31.2 Å². The fraction of sp³-hybridized carbons (Fsp3) is 0.400. The molecule has 14 heteroatoms. The second kappa shape index (κ2) is 9.74. The van der Waals surface area contributed by atoms with Crippen LogP contribution in [0.2, 0.25) is 0 Å². The van der Waals surface area contributed by atoms with Gasteiger partial charge in [-0.1, -0.05) is 0 Å². The van der Waals surface area contributed by atoms with Crippen LogP contribution in [-0.2, 0) is 23.1 Å². The Morgan fingerprint density at radius 3 is 2.23 bits per heavy atom. The third kappa shape index (κ3) is 5.51. The molecule has 5 rings (SSSR count). The van der Waals surface area contributed by atoms with E-state index in [1.807, 2.05) is 0 Å². The highest BCUT2D eigenvalue weighted by Crippen LogP contribution is 2.38. The van der Waals surface area contributed by atoms with Crippen LogP contribution < -0.4 is 15.0 Å². The number of piperidine rings is 1. The van der Waals surface area contributed by atoms with Crippen molar-refractivity contribution in [3.05, 3.63) is 64.7 Å². The standard InChI is InChI=1S/C25H25F3N4O6S/c1-30-21(25(26,27)28)14-22(29-30)38-24(34)32-16-3-4-17(32)12-19(11-16)37-18-9-10-31(23(33)13-18)15-5-7-20(8-6-15)39(2,35)36/h5-10,13-14,16-17,19H,3-4,11-12H2,1-2H3/t16-,17-/m1/s1. The predicted octanol–water partition coefficient (Wildman–Crippen LogP) is 3.57. The molecular weight excluding hydrogens is 541 g/mol. The molecule has 0 saturated carbocycles. The van der Waals surface area contributed by atoms with Crippen LogP contribution in [0.25, 0.3) is 5.69 Å². The van der Waals surface area contributed by atoms with E-state index in [2.05, 4.69) is 5.10 Å². The van der Waals surface area contributed by atoms with Gasteiger partial charge in [0.25, 0.3) is 5.56 Å². The maximum atomic E-state index is 13.0. The maximum absolute atomic E-state index is 13.0. The smallest absolute Gasteiger partial charge is 0.433 e. The van der Waals surface area contributed by atoms with Gasteiger partial charge in [0.15, 0.2) is 9.84 Å². The SMILES string of the molecule is Cn1nc(OC(=O)N2[C@@H]3CC[C@@H]2CC(Oc2ccn(-c4ccc(S(C)(=O)=O)cc4)c(=O)c2)C3)cc1C(F)(F)F. The first kappa shape index (κ1) is 26.8. The van der Waals surface area contributed by atoms with E-state index >= 15 is 0 Å². The summed E-state index contributed by atoms with van der Waals surface area (Å²) >= 11 is 0. The number of amides is 1. The molecule has 2 saturated heterocycles. The number of benzene rings is 1. The molecule has 10 nitrogen and oxygen atoms in total. The molecular formula is C25H25F3N4O6S. The highest BCUT2D eigenvalue weighted by molar-refractivity contribution is 7.90. The third-order valence-corrected chi connectivity index (χ3v) is 8.11. The minimum Gasteiger partial charge on any atom is -0.490 e. The molecule has 1 amide bonds. The van der Waals surface area contributed by atoms with Gasteiger partial charge in [-0.3, -0.25) is 14.0 Å². The molecule has 2 fully saturated rings. The first-order valence-electron chi connectivity index (χ1n) is 12.1. The second-order valence-electron chi connectivity index (χ2n) is 9.70. The molecule has 4 heterocycles. The number of fused-ring (bicyclic) bond motifs is 2. The Labute approximate surface area is 221 Å². The molecule has 2 atom stereocenters.